The molecule has 0 fully saturated rings. The van der Waals surface area contributed by atoms with E-state index in [-0.39, 0.29) is 22.3 Å². The normalized spacial score (nSPS) is 20.0. The molecule has 0 bridgehead atoms. The fourth-order valence-electron chi connectivity index (χ4n) is 0.772. The molecule has 0 saturated heterocycles. The van der Waals surface area contributed by atoms with Crippen molar-refractivity contribution < 1.29 is 13.2 Å². The molecule has 0 spiro atoms. The van der Waals surface area contributed by atoms with Crippen molar-refractivity contribution in [1.29, 1.82) is 0 Å². The number of hydrogen-bond acceptors (Lipinski definition) is 3. The average molecular weight is 234 g/mol. The molecule has 0 saturated carbocycles. The van der Waals surface area contributed by atoms with Gasteiger partial charge in [-0.25, -0.2) is 8.42 Å². The zero-order valence-corrected chi connectivity index (χ0v) is 8.97. The zero-order chi connectivity index (χ0) is 10.8. The number of rotatable bonds is 2. The minimum absolute atomic E-state index is 0.0300. The molecule has 0 amide bonds. The average Bonchev–Trinajstić information content (AvgIpc) is 2.11. The third kappa shape index (κ3) is 2.78. The molecule has 76 valence electrons. The molecule has 0 radical (unpaired) electrons. The molecule has 0 N–H and O–H groups in total. The Hall–Kier alpha value is -0.940. The molecule has 0 atom stereocenters. The number of carbonyl (C=O) groups is 1. The van der Waals surface area contributed by atoms with Crippen LogP contribution in [0.2, 0.25) is 0 Å². The van der Waals surface area contributed by atoms with Crippen LogP contribution in [0.4, 0.5) is 0 Å². The predicted molar refractivity (Wildman–Crippen MR) is 55.0 cm³/mol. The SMILES string of the molecule is CCS(=O)(=O)N=C1C=CC(=O)C(Cl)=C1. The number of sulfonamides is 1. The molecule has 0 aromatic rings. The Bertz CT molecular complexity index is 445. The first-order valence-electron chi connectivity index (χ1n) is 3.87. The van der Waals surface area contributed by atoms with E-state index in [4.69, 9.17) is 11.6 Å². The number of carbonyl (C=O) groups excluding carboxylic acids is 1. The van der Waals surface area contributed by atoms with Gasteiger partial charge in [0.1, 0.15) is 0 Å². The van der Waals surface area contributed by atoms with Gasteiger partial charge in [0.15, 0.2) is 5.78 Å². The van der Waals surface area contributed by atoms with E-state index >= 15 is 0 Å². The Kier molecular flexibility index (Phi) is 3.23. The lowest BCUT2D eigenvalue weighted by atomic mass is 10.2. The van der Waals surface area contributed by atoms with E-state index in [1.54, 1.807) is 0 Å². The van der Waals surface area contributed by atoms with Crippen molar-refractivity contribution in [3.05, 3.63) is 23.3 Å². The highest BCUT2D eigenvalue weighted by molar-refractivity contribution is 7.90. The number of nitrogens with zero attached hydrogens (tertiary/aromatic N) is 1. The van der Waals surface area contributed by atoms with Crippen molar-refractivity contribution >= 4 is 33.1 Å². The fraction of sp³-hybridized carbons (Fsp3) is 0.250. The maximum atomic E-state index is 11.1. The molecule has 6 heteroatoms. The van der Waals surface area contributed by atoms with E-state index in [1.807, 2.05) is 0 Å². The lowest BCUT2D eigenvalue weighted by Crippen LogP contribution is -2.07. The summed E-state index contributed by atoms with van der Waals surface area (Å²) in [6.07, 6.45) is 3.74. The van der Waals surface area contributed by atoms with Gasteiger partial charge in [0, 0.05) is 0 Å². The van der Waals surface area contributed by atoms with Crippen molar-refractivity contribution in [2.45, 2.75) is 6.92 Å². The Morgan fingerprint density at radius 3 is 2.57 bits per heavy atom. The van der Waals surface area contributed by atoms with E-state index in [0.29, 0.717) is 0 Å². The van der Waals surface area contributed by atoms with Crippen LogP contribution >= 0.6 is 11.6 Å². The first-order chi connectivity index (χ1) is 6.44. The largest absolute Gasteiger partial charge is 0.288 e. The molecular weight excluding hydrogens is 226 g/mol. The zero-order valence-electron chi connectivity index (χ0n) is 7.40. The lowest BCUT2D eigenvalue weighted by molar-refractivity contribution is -0.110. The molecule has 4 nitrogen and oxygen atoms in total. The molecule has 0 heterocycles. The molecule has 0 aliphatic heterocycles. The summed E-state index contributed by atoms with van der Waals surface area (Å²) in [5.41, 5.74) is 0.177. The number of allylic oxidation sites excluding steroid dienone is 4. The summed E-state index contributed by atoms with van der Waals surface area (Å²) in [7, 11) is -3.44. The minimum Gasteiger partial charge on any atom is -0.288 e. The van der Waals surface area contributed by atoms with Crippen LogP contribution in [-0.4, -0.2) is 25.7 Å². The van der Waals surface area contributed by atoms with Crippen LogP contribution in [0, 0.1) is 0 Å². The van der Waals surface area contributed by atoms with Gasteiger partial charge in [0.25, 0.3) is 10.0 Å². The van der Waals surface area contributed by atoms with Gasteiger partial charge in [0.2, 0.25) is 0 Å². The maximum absolute atomic E-state index is 11.1. The molecule has 0 aromatic carbocycles. The van der Waals surface area contributed by atoms with Gasteiger partial charge in [-0.1, -0.05) is 11.6 Å². The summed E-state index contributed by atoms with van der Waals surface area (Å²) in [5.74, 6) is -0.427. The summed E-state index contributed by atoms with van der Waals surface area (Å²) >= 11 is 5.52. The highest BCUT2D eigenvalue weighted by Crippen LogP contribution is 2.11. The van der Waals surface area contributed by atoms with E-state index in [2.05, 4.69) is 4.40 Å². The van der Waals surface area contributed by atoms with Crippen molar-refractivity contribution in [3.8, 4) is 0 Å². The highest BCUT2D eigenvalue weighted by atomic mass is 35.5. The molecule has 1 aliphatic carbocycles. The predicted octanol–water partition coefficient (Wildman–Crippen LogP) is 1.04. The van der Waals surface area contributed by atoms with Gasteiger partial charge in [-0.05, 0) is 25.2 Å². The first-order valence-corrected chi connectivity index (χ1v) is 5.85. The van der Waals surface area contributed by atoms with Crippen LogP contribution in [0.25, 0.3) is 0 Å². The highest BCUT2D eigenvalue weighted by Gasteiger charge is 2.11. The van der Waals surface area contributed by atoms with Crippen molar-refractivity contribution in [2.24, 2.45) is 4.40 Å². The van der Waals surface area contributed by atoms with Gasteiger partial charge in [-0.15, -0.1) is 0 Å². The molecule has 1 rings (SSSR count). The Balaban J connectivity index is 3.04. The molecule has 0 aromatic heterocycles. The van der Waals surface area contributed by atoms with E-state index in [9.17, 15) is 13.2 Å². The van der Waals surface area contributed by atoms with E-state index < -0.39 is 10.0 Å². The second-order valence-electron chi connectivity index (χ2n) is 2.58. The lowest BCUT2D eigenvalue weighted by Gasteiger charge is -2.01. The van der Waals surface area contributed by atoms with Crippen LogP contribution in [0.5, 0.6) is 0 Å². The summed E-state index contributed by atoms with van der Waals surface area (Å²) in [5, 5.41) is -0.0300. The number of halogens is 1. The van der Waals surface area contributed by atoms with Gasteiger partial charge in [-0.3, -0.25) is 4.79 Å². The van der Waals surface area contributed by atoms with Crippen LogP contribution in [-0.2, 0) is 14.8 Å². The quantitative estimate of drug-likeness (QED) is 0.670. The van der Waals surface area contributed by atoms with Crippen molar-refractivity contribution in [2.75, 3.05) is 5.75 Å². The maximum Gasteiger partial charge on any atom is 0.253 e. The van der Waals surface area contributed by atoms with E-state index in [0.717, 1.165) is 0 Å². The van der Waals surface area contributed by atoms with Crippen LogP contribution in [0.1, 0.15) is 6.92 Å². The second kappa shape index (κ2) is 4.06. The van der Waals surface area contributed by atoms with Crippen molar-refractivity contribution in [1.82, 2.24) is 0 Å². The third-order valence-electron chi connectivity index (χ3n) is 1.52. The Labute approximate surface area is 87.0 Å². The fourth-order valence-corrected chi connectivity index (χ4v) is 1.51. The Morgan fingerprint density at radius 2 is 2.07 bits per heavy atom. The Morgan fingerprint density at radius 1 is 1.43 bits per heavy atom. The summed E-state index contributed by atoms with van der Waals surface area (Å²) < 4.78 is 25.6. The molecule has 14 heavy (non-hydrogen) atoms. The number of hydrogen-bond donors (Lipinski definition) is 0. The first kappa shape index (κ1) is 11.1. The van der Waals surface area contributed by atoms with Crippen LogP contribution in [0.3, 0.4) is 0 Å². The standard InChI is InChI=1S/C8H8ClNO3S/c1-2-14(12,13)10-6-3-4-8(11)7(9)5-6/h3-5H,2H2,1H3. The van der Waals surface area contributed by atoms with Gasteiger partial charge < -0.3 is 0 Å². The van der Waals surface area contributed by atoms with Gasteiger partial charge in [-0.2, -0.15) is 4.40 Å². The van der Waals surface area contributed by atoms with Gasteiger partial charge in [0.05, 0.1) is 16.5 Å². The van der Waals surface area contributed by atoms with Gasteiger partial charge >= 0.3 is 0 Å². The number of ketones is 1. The monoisotopic (exact) mass is 233 g/mol. The summed E-state index contributed by atoms with van der Waals surface area (Å²) in [6, 6.07) is 0. The van der Waals surface area contributed by atoms with Crippen molar-refractivity contribution in [3.63, 3.8) is 0 Å². The molecular formula is C8H8ClNO3S. The molecule has 1 aliphatic rings. The molecule has 0 unspecified atom stereocenters. The van der Waals surface area contributed by atoms with E-state index in [1.165, 1.54) is 25.2 Å². The second-order valence-corrected chi connectivity index (χ2v) is 4.91. The topological polar surface area (TPSA) is 63.6 Å². The minimum atomic E-state index is -3.44. The smallest absolute Gasteiger partial charge is 0.253 e. The summed E-state index contributed by atoms with van der Waals surface area (Å²) in [4.78, 5) is 10.9. The third-order valence-corrected chi connectivity index (χ3v) is 3.04. The van der Waals surface area contributed by atoms with Crippen LogP contribution in [0.15, 0.2) is 27.7 Å². The summed E-state index contributed by atoms with van der Waals surface area (Å²) in [6.45, 7) is 1.49. The van der Waals surface area contributed by atoms with Crippen LogP contribution < -0.4 is 0 Å².